The van der Waals surface area contributed by atoms with E-state index in [1.807, 2.05) is 19.9 Å². The quantitative estimate of drug-likeness (QED) is 0.200. The van der Waals surface area contributed by atoms with E-state index < -0.39 is 24.2 Å². The van der Waals surface area contributed by atoms with Gasteiger partial charge in [-0.15, -0.1) is 0 Å². The molecule has 3 unspecified atom stereocenters. The number of fused-ring (bicyclic) bond motifs is 2. The van der Waals surface area contributed by atoms with Gasteiger partial charge in [0.15, 0.2) is 0 Å². The maximum Gasteiger partial charge on any atom is 0.281 e. The Morgan fingerprint density at radius 2 is 1.96 bits per heavy atom. The number of hydrogen-bond acceptors (Lipinski definition) is 5. The molecule has 3 aliphatic rings. The monoisotopic (exact) mass is 650 g/mol. The summed E-state index contributed by atoms with van der Waals surface area (Å²) in [6.45, 7) is 8.98. The molecule has 244 valence electrons. The van der Waals surface area contributed by atoms with Crippen molar-refractivity contribution in [2.45, 2.75) is 97.1 Å². The van der Waals surface area contributed by atoms with Crippen LogP contribution in [-0.2, 0) is 6.42 Å². The Morgan fingerprint density at radius 3 is 2.67 bits per heavy atom. The highest BCUT2D eigenvalue weighted by Gasteiger charge is 2.33. The highest BCUT2D eigenvalue weighted by atomic mass is 35.5. The van der Waals surface area contributed by atoms with Gasteiger partial charge < -0.3 is 10.1 Å². The lowest BCUT2D eigenvalue weighted by atomic mass is 9.91. The van der Waals surface area contributed by atoms with E-state index in [1.165, 1.54) is 30.3 Å². The molecule has 0 bridgehead atoms. The second-order valence-corrected chi connectivity index (χ2v) is 13.3. The number of alkyl halides is 3. The van der Waals surface area contributed by atoms with E-state index in [9.17, 15) is 8.78 Å². The van der Waals surface area contributed by atoms with Crippen molar-refractivity contribution in [1.82, 2.24) is 15.3 Å². The van der Waals surface area contributed by atoms with E-state index in [0.29, 0.717) is 54.6 Å². The fourth-order valence-corrected chi connectivity index (χ4v) is 6.87. The van der Waals surface area contributed by atoms with Gasteiger partial charge in [0.2, 0.25) is 0 Å². The molecule has 2 aromatic heterocycles. The van der Waals surface area contributed by atoms with Crippen molar-refractivity contribution in [1.29, 1.82) is 0 Å². The van der Waals surface area contributed by atoms with Crippen LogP contribution in [0.3, 0.4) is 0 Å². The second-order valence-electron chi connectivity index (χ2n) is 12.9. The van der Waals surface area contributed by atoms with E-state index >= 15 is 4.39 Å². The number of pyridine rings is 2. The van der Waals surface area contributed by atoms with E-state index in [4.69, 9.17) is 26.3 Å². The molecule has 3 atom stereocenters. The zero-order valence-electron chi connectivity index (χ0n) is 27.0. The molecular formula is C37H42ClF3N4O. The Kier molecular flexibility index (Phi) is 9.74. The summed E-state index contributed by atoms with van der Waals surface area (Å²) in [7, 11) is 0. The second kappa shape index (κ2) is 13.8. The molecular weight excluding hydrogens is 609 g/mol. The average Bonchev–Trinajstić information content (AvgIpc) is 3.69. The standard InChI is InChI=1S/C37H42ClF3N4O/c1-5-7-9-29(23-14-20(3)33-24(15-23)16-30(44-33)22-10-11-22)43-18-27(28(39)8-6-2)31-17-26-21(4)19-46-36(26)34(45-31)25-12-13-42-35(32(25)38)37(40)41/h9,12-15,17,21-22,27-28,37,43H,5-8,10-11,16,18-19H2,1-4H3/b29-9+. The van der Waals surface area contributed by atoms with Gasteiger partial charge in [-0.3, -0.25) is 9.98 Å². The molecule has 3 aromatic rings. The molecule has 46 heavy (non-hydrogen) atoms. The minimum Gasteiger partial charge on any atom is -0.490 e. The molecule has 1 aromatic carbocycles. The van der Waals surface area contributed by atoms with Crippen LogP contribution in [0.4, 0.5) is 18.9 Å². The summed E-state index contributed by atoms with van der Waals surface area (Å²) < 4.78 is 49.7. The minimum atomic E-state index is -2.84. The third-order valence-electron chi connectivity index (χ3n) is 9.30. The molecule has 5 nitrogen and oxygen atoms in total. The third kappa shape index (κ3) is 6.55. The number of unbranched alkanes of at least 4 members (excludes halogenated alkanes) is 1. The van der Waals surface area contributed by atoms with Crippen LogP contribution < -0.4 is 10.1 Å². The summed E-state index contributed by atoms with van der Waals surface area (Å²) in [5.74, 6) is 0.566. The van der Waals surface area contributed by atoms with Crippen LogP contribution in [0, 0.1) is 12.8 Å². The van der Waals surface area contributed by atoms with Crippen LogP contribution in [0.5, 0.6) is 5.75 Å². The first-order valence-electron chi connectivity index (χ1n) is 16.6. The van der Waals surface area contributed by atoms with Crippen LogP contribution in [0.1, 0.15) is 111 Å². The molecule has 9 heteroatoms. The van der Waals surface area contributed by atoms with Crippen LogP contribution in [0.15, 0.2) is 41.5 Å². The molecule has 1 aliphatic carbocycles. The predicted octanol–water partition coefficient (Wildman–Crippen LogP) is 10.2. The average molecular weight is 651 g/mol. The molecule has 1 fully saturated rings. The van der Waals surface area contributed by atoms with Gasteiger partial charge in [-0.1, -0.05) is 51.3 Å². The lowest BCUT2D eigenvalue weighted by Gasteiger charge is -2.25. The van der Waals surface area contributed by atoms with Gasteiger partial charge in [-0.05, 0) is 79.5 Å². The number of aliphatic imine (C=N–C) groups is 1. The van der Waals surface area contributed by atoms with Crippen LogP contribution in [0.25, 0.3) is 17.0 Å². The molecule has 1 saturated carbocycles. The lowest BCUT2D eigenvalue weighted by Crippen LogP contribution is -2.28. The van der Waals surface area contributed by atoms with Crippen molar-refractivity contribution >= 4 is 28.7 Å². The minimum absolute atomic E-state index is 0.0284. The number of rotatable bonds is 13. The lowest BCUT2D eigenvalue weighted by molar-refractivity contribution is 0.146. The third-order valence-corrected chi connectivity index (χ3v) is 9.70. The maximum atomic E-state index is 16.2. The summed E-state index contributed by atoms with van der Waals surface area (Å²) in [6, 6.07) is 7.91. The molecule has 1 N–H and O–H groups in total. The number of ether oxygens (including phenoxy) is 1. The van der Waals surface area contributed by atoms with Gasteiger partial charge in [0.05, 0.1) is 17.3 Å². The normalized spacial score (nSPS) is 18.7. The molecule has 0 spiro atoms. The number of aromatic nitrogens is 2. The van der Waals surface area contributed by atoms with Crippen molar-refractivity contribution < 1.29 is 17.9 Å². The zero-order chi connectivity index (χ0) is 32.5. The predicted molar refractivity (Wildman–Crippen MR) is 179 cm³/mol. The van der Waals surface area contributed by atoms with E-state index in [-0.39, 0.29) is 10.9 Å². The maximum absolute atomic E-state index is 16.2. The molecule has 6 rings (SSSR count). The number of nitrogens with one attached hydrogen (secondary N) is 1. The Morgan fingerprint density at radius 1 is 1.15 bits per heavy atom. The van der Waals surface area contributed by atoms with Gasteiger partial charge in [0, 0.05) is 59.2 Å². The molecule has 0 radical (unpaired) electrons. The zero-order valence-corrected chi connectivity index (χ0v) is 27.7. The van der Waals surface area contributed by atoms with Gasteiger partial charge in [0.25, 0.3) is 6.43 Å². The van der Waals surface area contributed by atoms with Gasteiger partial charge in [0.1, 0.15) is 23.3 Å². The number of halogens is 4. The Hall–Kier alpha value is -3.39. The fourth-order valence-electron chi connectivity index (χ4n) is 6.59. The topological polar surface area (TPSA) is 59.4 Å². The highest BCUT2D eigenvalue weighted by Crippen LogP contribution is 2.46. The van der Waals surface area contributed by atoms with Crippen molar-refractivity contribution in [2.24, 2.45) is 10.9 Å². The number of nitrogens with zero attached hydrogens (tertiary/aromatic N) is 3. The van der Waals surface area contributed by atoms with Gasteiger partial charge in [-0.25, -0.2) is 18.2 Å². The summed E-state index contributed by atoms with van der Waals surface area (Å²) in [5.41, 5.74) is 8.42. The van der Waals surface area contributed by atoms with E-state index in [0.717, 1.165) is 47.3 Å². The number of allylic oxidation sites excluding steroid dienone is 1. The fraction of sp³-hybridized carbons (Fsp3) is 0.486. The Balaban J connectivity index is 1.36. The number of aryl methyl sites for hydroxylation is 1. The van der Waals surface area contributed by atoms with E-state index in [2.05, 4.69) is 42.4 Å². The number of benzene rings is 1. The first-order valence-corrected chi connectivity index (χ1v) is 17.0. The molecule has 4 heterocycles. The van der Waals surface area contributed by atoms with E-state index in [1.54, 1.807) is 6.07 Å². The van der Waals surface area contributed by atoms with Crippen LogP contribution in [0.2, 0.25) is 5.02 Å². The van der Waals surface area contributed by atoms with Crippen molar-refractivity contribution in [3.05, 3.63) is 75.2 Å². The van der Waals surface area contributed by atoms with Crippen LogP contribution in [-0.4, -0.2) is 35.0 Å². The Labute approximate surface area is 274 Å². The van der Waals surface area contributed by atoms with Crippen molar-refractivity contribution in [2.75, 3.05) is 13.2 Å². The largest absolute Gasteiger partial charge is 0.490 e. The molecule has 2 aliphatic heterocycles. The van der Waals surface area contributed by atoms with Crippen molar-refractivity contribution in [3.63, 3.8) is 0 Å². The first-order chi connectivity index (χ1) is 22.2. The van der Waals surface area contributed by atoms with Gasteiger partial charge >= 0.3 is 0 Å². The SMILES string of the molecule is CCC/C=C(/NCC(c1cc2c(c(-c3ccnc(C(F)F)c3Cl)n1)OCC2C)C(F)CCC)c1cc(C)c2c(c1)CC(C1CC1)=N2. The van der Waals surface area contributed by atoms with Crippen LogP contribution >= 0.6 is 11.6 Å². The molecule has 0 saturated heterocycles. The first kappa shape index (κ1) is 32.5. The summed E-state index contributed by atoms with van der Waals surface area (Å²) >= 11 is 6.48. The smallest absolute Gasteiger partial charge is 0.281 e. The molecule has 0 amide bonds. The van der Waals surface area contributed by atoms with Crippen molar-refractivity contribution in [3.8, 4) is 17.0 Å². The summed E-state index contributed by atoms with van der Waals surface area (Å²) in [5, 5.41) is 3.46. The number of hydrogen-bond donors (Lipinski definition) is 1. The van der Waals surface area contributed by atoms with Gasteiger partial charge in [-0.2, -0.15) is 0 Å². The Bertz CT molecular complexity index is 1670. The highest BCUT2D eigenvalue weighted by molar-refractivity contribution is 6.34. The summed E-state index contributed by atoms with van der Waals surface area (Å²) in [4.78, 5) is 13.7. The summed E-state index contributed by atoms with van der Waals surface area (Å²) in [6.07, 6.45) is 5.74.